The molecule has 2 aromatic carbocycles. The lowest BCUT2D eigenvalue weighted by Gasteiger charge is -2.11. The second-order valence-electron chi connectivity index (χ2n) is 6.73. The molecule has 2 aromatic heterocycles. The van der Waals surface area contributed by atoms with Gasteiger partial charge in [0.2, 0.25) is 0 Å². The molecule has 2 heterocycles. The molecule has 0 atom stereocenters. The summed E-state index contributed by atoms with van der Waals surface area (Å²) in [5.41, 5.74) is 1.90. The first-order chi connectivity index (χ1) is 15.6. The van der Waals surface area contributed by atoms with Crippen LogP contribution >= 0.6 is 11.8 Å². The molecule has 0 bridgehead atoms. The number of pyridine rings is 1. The Morgan fingerprint density at radius 2 is 1.88 bits per heavy atom. The lowest BCUT2D eigenvalue weighted by molar-refractivity contribution is 0.102. The van der Waals surface area contributed by atoms with Crippen molar-refractivity contribution in [1.82, 2.24) is 19.7 Å². The zero-order valence-electron chi connectivity index (χ0n) is 17.2. The van der Waals surface area contributed by atoms with Gasteiger partial charge >= 0.3 is 0 Å². The number of aromatic nitrogens is 4. The van der Waals surface area contributed by atoms with Crippen LogP contribution in [0, 0.1) is 0 Å². The number of hydrogen-bond donors (Lipinski definition) is 2. The first kappa shape index (κ1) is 21.4. The molecule has 0 radical (unpaired) electrons. The Morgan fingerprint density at radius 1 is 1.06 bits per heavy atom. The number of carbonyl (C=O) groups is 1. The molecule has 0 amide bonds. The summed E-state index contributed by atoms with van der Waals surface area (Å²) >= 11 is 1.23. The van der Waals surface area contributed by atoms with Crippen molar-refractivity contribution in [2.45, 2.75) is 12.1 Å². The molecule has 4 aromatic rings. The van der Waals surface area contributed by atoms with E-state index in [2.05, 4.69) is 15.2 Å². The summed E-state index contributed by atoms with van der Waals surface area (Å²) in [7, 11) is 0. The van der Waals surface area contributed by atoms with Crippen molar-refractivity contribution < 1.29 is 19.7 Å². The van der Waals surface area contributed by atoms with E-state index in [9.17, 15) is 15.0 Å². The molecule has 0 aliphatic heterocycles. The fourth-order valence-electron chi connectivity index (χ4n) is 3.05. The number of carbonyl (C=O) groups excluding carboxylic acids is 1. The molecule has 9 heteroatoms. The van der Waals surface area contributed by atoms with Crippen molar-refractivity contribution in [3.63, 3.8) is 0 Å². The lowest BCUT2D eigenvalue weighted by Crippen LogP contribution is -2.05. The minimum Gasteiger partial charge on any atom is -0.504 e. The van der Waals surface area contributed by atoms with Gasteiger partial charge in [0.25, 0.3) is 0 Å². The maximum absolute atomic E-state index is 12.6. The summed E-state index contributed by atoms with van der Waals surface area (Å²) in [4.78, 5) is 16.8. The van der Waals surface area contributed by atoms with Gasteiger partial charge in [-0.2, -0.15) is 0 Å². The Labute approximate surface area is 188 Å². The molecule has 32 heavy (non-hydrogen) atoms. The molecule has 0 saturated carbocycles. The van der Waals surface area contributed by atoms with Gasteiger partial charge < -0.3 is 14.9 Å². The Hall–Kier alpha value is -3.85. The SMILES string of the molecule is CCOc1ccc(-n2c(SCC(=O)c3ccc(O)c(O)c3)nnc2-c2cccnc2)cc1. The van der Waals surface area contributed by atoms with Gasteiger partial charge in [-0.3, -0.25) is 14.3 Å². The molecular formula is C23H20N4O4S. The quantitative estimate of drug-likeness (QED) is 0.235. The van der Waals surface area contributed by atoms with Crippen LogP contribution in [0.15, 0.2) is 72.1 Å². The average molecular weight is 449 g/mol. The van der Waals surface area contributed by atoms with Gasteiger partial charge in [-0.25, -0.2) is 0 Å². The number of Topliss-reactive ketones (excluding diaryl/α,β-unsaturated/α-hetero) is 1. The van der Waals surface area contributed by atoms with Crippen LogP contribution in [0.2, 0.25) is 0 Å². The molecule has 8 nitrogen and oxygen atoms in total. The smallest absolute Gasteiger partial charge is 0.196 e. The van der Waals surface area contributed by atoms with E-state index in [1.54, 1.807) is 12.4 Å². The molecule has 0 saturated heterocycles. The number of phenols is 2. The summed E-state index contributed by atoms with van der Waals surface area (Å²) in [6.07, 6.45) is 3.39. The van der Waals surface area contributed by atoms with E-state index in [1.807, 2.05) is 47.9 Å². The van der Waals surface area contributed by atoms with Crippen LogP contribution in [0.25, 0.3) is 17.1 Å². The number of aromatic hydroxyl groups is 2. The van der Waals surface area contributed by atoms with Crippen LogP contribution < -0.4 is 4.74 Å². The zero-order valence-corrected chi connectivity index (χ0v) is 18.0. The van der Waals surface area contributed by atoms with Gasteiger partial charge in [0.15, 0.2) is 28.3 Å². The summed E-state index contributed by atoms with van der Waals surface area (Å²) in [5, 5.41) is 28.3. The van der Waals surface area contributed by atoms with Crippen molar-refractivity contribution in [3.8, 4) is 34.3 Å². The monoisotopic (exact) mass is 448 g/mol. The largest absolute Gasteiger partial charge is 0.504 e. The Morgan fingerprint density at radius 3 is 2.56 bits per heavy atom. The van der Waals surface area contributed by atoms with Crippen molar-refractivity contribution in [2.24, 2.45) is 0 Å². The van der Waals surface area contributed by atoms with Crippen LogP contribution in [0.5, 0.6) is 17.2 Å². The highest BCUT2D eigenvalue weighted by Gasteiger charge is 2.18. The highest BCUT2D eigenvalue weighted by atomic mass is 32.2. The molecule has 0 aliphatic carbocycles. The molecular weight excluding hydrogens is 428 g/mol. The predicted octanol–water partition coefficient (Wildman–Crippen LogP) is 4.11. The molecule has 0 fully saturated rings. The van der Waals surface area contributed by atoms with Crippen LogP contribution in [0.4, 0.5) is 0 Å². The summed E-state index contributed by atoms with van der Waals surface area (Å²) in [6.45, 7) is 2.50. The van der Waals surface area contributed by atoms with Gasteiger partial charge in [-0.1, -0.05) is 11.8 Å². The standard InChI is InChI=1S/C23H20N4O4S/c1-2-31-18-8-6-17(7-9-18)27-22(16-4-3-11-24-13-16)25-26-23(27)32-14-21(30)15-5-10-19(28)20(29)12-15/h3-13,28-29H,2,14H2,1H3. The van der Waals surface area contributed by atoms with Gasteiger partial charge in [-0.15, -0.1) is 10.2 Å². The zero-order chi connectivity index (χ0) is 22.5. The fraction of sp³-hybridized carbons (Fsp3) is 0.130. The number of ether oxygens (including phenoxy) is 1. The van der Waals surface area contributed by atoms with Crippen molar-refractivity contribution in [1.29, 1.82) is 0 Å². The highest BCUT2D eigenvalue weighted by molar-refractivity contribution is 7.99. The minimum absolute atomic E-state index is 0.0758. The van der Waals surface area contributed by atoms with Crippen molar-refractivity contribution >= 4 is 17.5 Å². The van der Waals surface area contributed by atoms with Crippen LogP contribution in [-0.2, 0) is 0 Å². The number of thioether (sulfide) groups is 1. The second kappa shape index (κ2) is 9.52. The predicted molar refractivity (Wildman–Crippen MR) is 121 cm³/mol. The summed E-state index contributed by atoms with van der Waals surface area (Å²) in [6, 6.07) is 15.2. The third-order valence-corrected chi connectivity index (χ3v) is 5.52. The summed E-state index contributed by atoms with van der Waals surface area (Å²) < 4.78 is 7.39. The van der Waals surface area contributed by atoms with Crippen molar-refractivity contribution in [2.75, 3.05) is 12.4 Å². The Bertz CT molecular complexity index is 1230. The van der Waals surface area contributed by atoms with Gasteiger partial charge in [0, 0.05) is 29.2 Å². The number of rotatable bonds is 8. The molecule has 0 unspecified atom stereocenters. The first-order valence-corrected chi connectivity index (χ1v) is 10.8. The second-order valence-corrected chi connectivity index (χ2v) is 7.67. The highest BCUT2D eigenvalue weighted by Crippen LogP contribution is 2.30. The normalized spacial score (nSPS) is 10.8. The third-order valence-electron chi connectivity index (χ3n) is 4.59. The van der Waals surface area contributed by atoms with E-state index in [1.165, 1.54) is 30.0 Å². The Kier molecular flexibility index (Phi) is 6.37. The average Bonchev–Trinajstić information content (AvgIpc) is 3.24. The van der Waals surface area contributed by atoms with Crippen LogP contribution in [0.1, 0.15) is 17.3 Å². The van der Waals surface area contributed by atoms with E-state index >= 15 is 0 Å². The van der Waals surface area contributed by atoms with Gasteiger partial charge in [0.05, 0.1) is 12.4 Å². The van der Waals surface area contributed by atoms with Gasteiger partial charge in [-0.05, 0) is 61.5 Å². The first-order valence-electron chi connectivity index (χ1n) is 9.84. The number of benzene rings is 2. The van der Waals surface area contributed by atoms with Crippen molar-refractivity contribution in [3.05, 3.63) is 72.6 Å². The minimum atomic E-state index is -0.336. The molecule has 0 aliphatic rings. The van der Waals surface area contributed by atoms with Crippen LogP contribution in [-0.4, -0.2) is 48.1 Å². The van der Waals surface area contributed by atoms with E-state index in [4.69, 9.17) is 4.74 Å². The lowest BCUT2D eigenvalue weighted by atomic mass is 10.1. The van der Waals surface area contributed by atoms with E-state index < -0.39 is 0 Å². The van der Waals surface area contributed by atoms with E-state index in [0.29, 0.717) is 23.2 Å². The van der Waals surface area contributed by atoms with Gasteiger partial charge in [0.1, 0.15) is 5.75 Å². The van der Waals surface area contributed by atoms with E-state index in [0.717, 1.165) is 17.0 Å². The number of phenolic OH excluding ortho intramolecular Hbond substituents is 2. The topological polar surface area (TPSA) is 110 Å². The molecule has 2 N–H and O–H groups in total. The number of ketones is 1. The Balaban J connectivity index is 1.65. The number of nitrogens with zero attached hydrogens (tertiary/aromatic N) is 4. The fourth-order valence-corrected chi connectivity index (χ4v) is 3.89. The maximum Gasteiger partial charge on any atom is 0.196 e. The van der Waals surface area contributed by atoms with E-state index in [-0.39, 0.29) is 23.0 Å². The molecule has 0 spiro atoms. The number of hydrogen-bond acceptors (Lipinski definition) is 8. The third kappa shape index (κ3) is 4.57. The summed E-state index contributed by atoms with van der Waals surface area (Å²) in [5.74, 6) is 0.604. The maximum atomic E-state index is 12.6. The van der Waals surface area contributed by atoms with Crippen LogP contribution in [0.3, 0.4) is 0 Å². The molecule has 162 valence electrons. The molecule has 4 rings (SSSR count).